The van der Waals surface area contributed by atoms with Crippen molar-refractivity contribution in [1.29, 1.82) is 0 Å². The maximum absolute atomic E-state index is 13.3. The van der Waals surface area contributed by atoms with E-state index >= 15 is 0 Å². The number of nitrogens with zero attached hydrogens (tertiary/aromatic N) is 4. The van der Waals surface area contributed by atoms with Gasteiger partial charge in [0.1, 0.15) is 35.3 Å². The van der Waals surface area contributed by atoms with Gasteiger partial charge in [-0.3, -0.25) is 9.36 Å². The van der Waals surface area contributed by atoms with Crippen LogP contribution in [0.1, 0.15) is 50.0 Å². The Hall–Kier alpha value is -7.96. The predicted molar refractivity (Wildman–Crippen MR) is 261 cm³/mol. The molecule has 1 aliphatic heterocycles. The molecule has 0 saturated carbocycles. The Balaban J connectivity index is 1.07. The minimum atomic E-state index is -1.06. The summed E-state index contributed by atoms with van der Waals surface area (Å²) in [5, 5.41) is 2.94. The number of hydrogen-bond donors (Lipinski definition) is 1. The van der Waals surface area contributed by atoms with Crippen LogP contribution in [0.25, 0.3) is 11.2 Å². The zero-order valence-corrected chi connectivity index (χ0v) is 37.6. The molecule has 1 aliphatic rings. The largest absolute Gasteiger partial charge is 0.497 e. The predicted octanol–water partition coefficient (Wildman–Crippen LogP) is 10.6. The number of carbonyl (C=O) groups is 1. The van der Waals surface area contributed by atoms with Gasteiger partial charge in [-0.2, -0.15) is 0 Å². The van der Waals surface area contributed by atoms with Crippen molar-refractivity contribution in [2.24, 2.45) is 5.92 Å². The molecule has 0 radical (unpaired) electrons. The van der Waals surface area contributed by atoms with E-state index in [9.17, 15) is 4.79 Å². The van der Waals surface area contributed by atoms with Crippen LogP contribution in [-0.2, 0) is 25.4 Å². The van der Waals surface area contributed by atoms with E-state index in [2.05, 4.69) is 83.1 Å². The second-order valence-electron chi connectivity index (χ2n) is 16.5. The molecule has 0 aliphatic carbocycles. The maximum Gasteiger partial charge on any atom is 0.256 e. The van der Waals surface area contributed by atoms with Crippen LogP contribution in [0.5, 0.6) is 11.5 Å². The van der Waals surface area contributed by atoms with Gasteiger partial charge in [0.25, 0.3) is 5.91 Å². The number of aromatic nitrogens is 4. The first-order valence-corrected chi connectivity index (χ1v) is 22.5. The third-order valence-corrected chi connectivity index (χ3v) is 12.7. The lowest BCUT2D eigenvalue weighted by Crippen LogP contribution is -2.52. The molecule has 11 nitrogen and oxygen atoms in total. The van der Waals surface area contributed by atoms with Gasteiger partial charge in [-0.15, -0.1) is 0 Å². The van der Waals surface area contributed by atoms with Gasteiger partial charge in [0.15, 0.2) is 17.0 Å². The molecule has 0 spiro atoms. The molecular weight excluding hydrogens is 851 g/mol. The third kappa shape index (κ3) is 8.28. The zero-order valence-electron chi connectivity index (χ0n) is 37.6. The highest BCUT2D eigenvalue weighted by atomic mass is 16.6. The summed E-state index contributed by atoms with van der Waals surface area (Å²) in [7, 11) is 3.33. The van der Waals surface area contributed by atoms with Gasteiger partial charge < -0.3 is 29.0 Å². The Morgan fingerprint density at radius 2 is 0.971 bits per heavy atom. The molecule has 2 aromatic heterocycles. The molecule has 10 rings (SSSR count). The van der Waals surface area contributed by atoms with Crippen LogP contribution in [0.2, 0.25) is 0 Å². The Morgan fingerprint density at radius 1 is 0.544 bits per heavy atom. The molecule has 3 heterocycles. The lowest BCUT2D eigenvalue weighted by atomic mass is 9.79. The van der Waals surface area contributed by atoms with E-state index in [0.29, 0.717) is 16.7 Å². The second-order valence-corrected chi connectivity index (χ2v) is 16.5. The van der Waals surface area contributed by atoms with Crippen molar-refractivity contribution in [2.45, 2.75) is 23.5 Å². The van der Waals surface area contributed by atoms with E-state index in [4.69, 9.17) is 33.7 Å². The number of imidazole rings is 1. The summed E-state index contributed by atoms with van der Waals surface area (Å²) in [6.07, 6.45) is 2.02. The highest BCUT2D eigenvalue weighted by molar-refractivity contribution is 6.06. The summed E-state index contributed by atoms with van der Waals surface area (Å²) >= 11 is 0. The van der Waals surface area contributed by atoms with Crippen molar-refractivity contribution in [3.8, 4) is 11.5 Å². The van der Waals surface area contributed by atoms with Gasteiger partial charge in [-0.05, 0) is 69.8 Å². The summed E-state index contributed by atoms with van der Waals surface area (Å²) in [5.41, 5.74) is 4.96. The summed E-state index contributed by atoms with van der Waals surface area (Å²) in [6.45, 7) is 0.385. The van der Waals surface area contributed by atoms with Crippen LogP contribution in [0.3, 0.4) is 0 Å². The Bertz CT molecular complexity index is 2990. The van der Waals surface area contributed by atoms with Crippen LogP contribution < -0.4 is 14.8 Å². The van der Waals surface area contributed by atoms with Crippen LogP contribution in [0.4, 0.5) is 5.82 Å². The first-order chi connectivity index (χ1) is 33.5. The van der Waals surface area contributed by atoms with Crippen molar-refractivity contribution in [1.82, 2.24) is 19.5 Å². The molecule has 9 aromatic rings. The van der Waals surface area contributed by atoms with E-state index in [1.807, 2.05) is 120 Å². The monoisotopic (exact) mass is 899 g/mol. The highest BCUT2D eigenvalue weighted by Gasteiger charge is 2.49. The summed E-state index contributed by atoms with van der Waals surface area (Å²) in [4.78, 5) is 27.2. The fourth-order valence-electron chi connectivity index (χ4n) is 9.27. The zero-order chi connectivity index (χ0) is 46.3. The smallest absolute Gasteiger partial charge is 0.256 e. The topological polar surface area (TPSA) is 119 Å². The number of nitrogens with one attached hydrogen (secondary N) is 1. The SMILES string of the molecule is COc1ccc(C(OC[C@H]2[C@H](n3cnc4c(NC(=O)c5ccccc5)ncnc43)O[C@@H]2COC(c2ccccc2)(c2ccccc2)c2ccc(OC)cc2)(c2ccccc2)c2ccccc2)cc1. The van der Waals surface area contributed by atoms with Crippen LogP contribution in [-0.4, -0.2) is 59.0 Å². The van der Waals surface area contributed by atoms with E-state index in [1.165, 1.54) is 6.33 Å². The molecule has 338 valence electrons. The lowest BCUT2D eigenvalue weighted by molar-refractivity contribution is -0.264. The number of benzene rings is 7. The first-order valence-electron chi connectivity index (χ1n) is 22.5. The number of carbonyl (C=O) groups excluding carboxylic acids is 1. The highest BCUT2D eigenvalue weighted by Crippen LogP contribution is 2.47. The molecule has 0 bridgehead atoms. The quantitative estimate of drug-likeness (QED) is 0.0891. The van der Waals surface area contributed by atoms with Gasteiger partial charge >= 0.3 is 0 Å². The van der Waals surface area contributed by atoms with Gasteiger partial charge in [0, 0.05) is 5.56 Å². The van der Waals surface area contributed by atoms with Gasteiger partial charge in [-0.25, -0.2) is 15.0 Å². The number of rotatable bonds is 17. The van der Waals surface area contributed by atoms with Gasteiger partial charge in [0.05, 0.1) is 45.8 Å². The fourth-order valence-corrected chi connectivity index (χ4v) is 9.27. The third-order valence-electron chi connectivity index (χ3n) is 12.7. The fraction of sp³-hybridized carbons (Fsp3) is 0.158. The molecule has 68 heavy (non-hydrogen) atoms. The van der Waals surface area contributed by atoms with E-state index in [1.54, 1.807) is 32.7 Å². The number of hydrogen-bond acceptors (Lipinski definition) is 9. The number of methoxy groups -OCH3 is 2. The first kappa shape index (κ1) is 43.9. The minimum Gasteiger partial charge on any atom is -0.497 e. The van der Waals surface area contributed by atoms with Crippen molar-refractivity contribution in [3.05, 3.63) is 252 Å². The standard InChI is InChI=1S/C57H49N5O6/c1-64-47-32-28-45(29-33-47)56(41-20-10-4-11-21-41,42-22-12-5-13-23-42)66-36-49-50(68-55(49)62-39-60-51-52(58-38-59-53(51)62)61-54(63)40-18-8-3-9-19-40)37-67-57(43-24-14-6-15-25-43,44-26-16-7-17-27-44)46-30-34-48(65-2)35-31-46/h3-35,38-39,49-50,55H,36-37H2,1-2H3,(H,58,59,61,63)/t49-,50-,55-/m1/s1. The van der Waals surface area contributed by atoms with Crippen molar-refractivity contribution >= 4 is 22.9 Å². The molecule has 1 fully saturated rings. The van der Waals surface area contributed by atoms with Crippen molar-refractivity contribution < 1.29 is 28.5 Å². The molecule has 11 heteroatoms. The summed E-state index contributed by atoms with van der Waals surface area (Å²) < 4.78 is 35.1. The van der Waals surface area contributed by atoms with Gasteiger partial charge in [0.2, 0.25) is 0 Å². The second kappa shape index (κ2) is 19.5. The molecule has 7 aromatic carbocycles. The number of fused-ring (bicyclic) bond motifs is 1. The average Bonchev–Trinajstić information content (AvgIpc) is 3.84. The van der Waals surface area contributed by atoms with Crippen LogP contribution >= 0.6 is 0 Å². The van der Waals surface area contributed by atoms with Crippen LogP contribution in [0, 0.1) is 5.92 Å². The van der Waals surface area contributed by atoms with E-state index in [-0.39, 0.29) is 30.9 Å². The number of ether oxygens (including phenoxy) is 5. The van der Waals surface area contributed by atoms with Crippen molar-refractivity contribution in [3.63, 3.8) is 0 Å². The molecule has 0 unspecified atom stereocenters. The normalized spacial score (nSPS) is 15.9. The Kier molecular flexibility index (Phi) is 12.6. The number of anilines is 1. The van der Waals surface area contributed by atoms with Crippen LogP contribution in [0.15, 0.2) is 213 Å². The summed E-state index contributed by atoms with van der Waals surface area (Å²) in [5.74, 6) is 1.13. The average molecular weight is 900 g/mol. The van der Waals surface area contributed by atoms with E-state index < -0.39 is 23.5 Å². The molecule has 1 N–H and O–H groups in total. The maximum atomic E-state index is 13.3. The molecule has 3 atom stereocenters. The van der Waals surface area contributed by atoms with E-state index in [0.717, 1.165) is 44.9 Å². The minimum absolute atomic E-state index is 0.173. The Labute approximate surface area is 395 Å². The lowest BCUT2D eigenvalue weighted by Gasteiger charge is -2.48. The Morgan fingerprint density at radius 3 is 1.43 bits per heavy atom. The molecule has 1 amide bonds. The molecule has 1 saturated heterocycles. The molecular formula is C57H49N5O6. The summed E-state index contributed by atoms with van der Waals surface area (Å²) in [6, 6.07) is 66.1. The van der Waals surface area contributed by atoms with Gasteiger partial charge in [-0.1, -0.05) is 164 Å². The number of amides is 1. The van der Waals surface area contributed by atoms with Crippen molar-refractivity contribution in [2.75, 3.05) is 32.8 Å².